The number of fused-ring (bicyclic) bond motifs is 1. The quantitative estimate of drug-likeness (QED) is 0.654. The molecule has 0 radical (unpaired) electrons. The fourth-order valence-electron chi connectivity index (χ4n) is 1.89. The molecule has 0 aromatic carbocycles. The predicted octanol–water partition coefficient (Wildman–Crippen LogP) is 3.44. The second kappa shape index (κ2) is 4.84. The van der Waals surface area contributed by atoms with Crippen LogP contribution in [0.1, 0.15) is 13.8 Å². The van der Waals surface area contributed by atoms with Gasteiger partial charge in [0.2, 0.25) is 0 Å². The summed E-state index contributed by atoms with van der Waals surface area (Å²) in [5.74, 6) is 0.460. The Morgan fingerprint density at radius 3 is 2.47 bits per heavy atom. The van der Waals surface area contributed by atoms with E-state index in [9.17, 15) is 4.79 Å². The Hall–Kier alpha value is -2.07. The van der Waals surface area contributed by atoms with Crippen LogP contribution >= 0.6 is 0 Å². The van der Waals surface area contributed by atoms with E-state index in [-0.39, 0.29) is 5.78 Å². The maximum absolute atomic E-state index is 12.1. The van der Waals surface area contributed by atoms with E-state index < -0.39 is 0 Å². The number of carbonyl (C=O) groups is 1. The molecule has 0 amide bonds. The first-order chi connectivity index (χ1) is 8.36. The Kier molecular flexibility index (Phi) is 3.25. The van der Waals surface area contributed by atoms with Crippen LogP contribution in [0.5, 0.6) is 0 Å². The summed E-state index contributed by atoms with van der Waals surface area (Å²) < 4.78 is 0. The fraction of sp³-hybridized carbons (Fsp3) is 0.188. The highest BCUT2D eigenvalue weighted by Gasteiger charge is 2.26. The summed E-state index contributed by atoms with van der Waals surface area (Å²) >= 11 is 0. The van der Waals surface area contributed by atoms with Crippen molar-refractivity contribution in [2.75, 3.05) is 0 Å². The summed E-state index contributed by atoms with van der Waals surface area (Å²) in [5.41, 5.74) is 8.24. The molecule has 84 valence electrons. The fourth-order valence-corrected chi connectivity index (χ4v) is 1.89. The highest BCUT2D eigenvalue weighted by molar-refractivity contribution is 6.13. The molecule has 0 saturated carbocycles. The molecular formula is C16H14O. The van der Waals surface area contributed by atoms with Crippen molar-refractivity contribution in [3.8, 4) is 0 Å². The van der Waals surface area contributed by atoms with Crippen molar-refractivity contribution >= 4 is 5.78 Å². The maximum Gasteiger partial charge on any atom is 0.193 e. The van der Waals surface area contributed by atoms with Gasteiger partial charge in [0.05, 0.1) is 0 Å². The minimum atomic E-state index is 0.0818. The van der Waals surface area contributed by atoms with Gasteiger partial charge >= 0.3 is 0 Å². The van der Waals surface area contributed by atoms with E-state index in [4.69, 9.17) is 0 Å². The summed E-state index contributed by atoms with van der Waals surface area (Å²) in [7, 11) is 0. The summed E-state index contributed by atoms with van der Waals surface area (Å²) in [6.07, 6.45) is 13.2. The molecule has 3 aliphatic rings. The summed E-state index contributed by atoms with van der Waals surface area (Å²) in [4.78, 5) is 12.1. The van der Waals surface area contributed by atoms with Crippen LogP contribution in [-0.2, 0) is 4.79 Å². The molecule has 0 bridgehead atoms. The van der Waals surface area contributed by atoms with Crippen LogP contribution in [0.2, 0.25) is 0 Å². The van der Waals surface area contributed by atoms with Gasteiger partial charge in [-0.25, -0.2) is 0 Å². The average Bonchev–Trinajstić information content (AvgIpc) is 2.67. The standard InChI is InChI=1S/C14H8O.C2H6/c15-14(11-4-2-1-3-5-11)13-9-7-10-6-8-12(10)13;1-2/h2,4-10H;1-2H3. The highest BCUT2D eigenvalue weighted by Crippen LogP contribution is 2.36. The Morgan fingerprint density at radius 2 is 1.94 bits per heavy atom. The van der Waals surface area contributed by atoms with Gasteiger partial charge in [-0.1, -0.05) is 49.6 Å². The number of ketones is 1. The van der Waals surface area contributed by atoms with Crippen LogP contribution in [0.4, 0.5) is 0 Å². The van der Waals surface area contributed by atoms with Crippen LogP contribution in [0.25, 0.3) is 0 Å². The molecule has 1 nitrogen and oxygen atoms in total. The Bertz CT molecular complexity index is 567. The second-order valence-electron chi connectivity index (χ2n) is 3.66. The zero-order valence-electron chi connectivity index (χ0n) is 10.0. The lowest BCUT2D eigenvalue weighted by molar-refractivity contribution is -0.111. The van der Waals surface area contributed by atoms with Gasteiger partial charge in [0, 0.05) is 17.1 Å². The smallest absolute Gasteiger partial charge is 0.193 e. The maximum atomic E-state index is 12.1. The lowest BCUT2D eigenvalue weighted by Crippen LogP contribution is -2.09. The summed E-state index contributed by atoms with van der Waals surface area (Å²) in [6, 6.07) is 0. The van der Waals surface area contributed by atoms with Crippen LogP contribution < -0.4 is 0 Å². The molecule has 0 saturated heterocycles. The van der Waals surface area contributed by atoms with Crippen LogP contribution in [-0.4, -0.2) is 5.78 Å². The molecule has 17 heavy (non-hydrogen) atoms. The third kappa shape index (κ3) is 1.94. The molecule has 0 fully saturated rings. The third-order valence-corrected chi connectivity index (χ3v) is 2.79. The zero-order chi connectivity index (χ0) is 12.3. The number of hydrogen-bond acceptors (Lipinski definition) is 1. The molecular weight excluding hydrogens is 208 g/mol. The van der Waals surface area contributed by atoms with E-state index in [1.165, 1.54) is 0 Å². The first-order valence-electron chi connectivity index (χ1n) is 5.89. The van der Waals surface area contributed by atoms with Gasteiger partial charge in [-0.2, -0.15) is 0 Å². The predicted molar refractivity (Wildman–Crippen MR) is 69.4 cm³/mol. The summed E-state index contributed by atoms with van der Waals surface area (Å²) in [6.45, 7) is 4.00. The number of hydrogen-bond donors (Lipinski definition) is 0. The molecule has 3 rings (SSSR count). The van der Waals surface area contributed by atoms with Crippen molar-refractivity contribution < 1.29 is 4.79 Å². The molecule has 3 aliphatic carbocycles. The van der Waals surface area contributed by atoms with E-state index in [0.29, 0.717) is 11.5 Å². The van der Waals surface area contributed by atoms with Crippen LogP contribution in [0.15, 0.2) is 70.7 Å². The minimum absolute atomic E-state index is 0.0818. The van der Waals surface area contributed by atoms with Gasteiger partial charge in [0.15, 0.2) is 5.78 Å². The highest BCUT2D eigenvalue weighted by atomic mass is 16.1. The molecule has 0 aromatic heterocycles. The van der Waals surface area contributed by atoms with E-state index in [0.717, 1.165) is 11.1 Å². The van der Waals surface area contributed by atoms with Crippen molar-refractivity contribution in [1.29, 1.82) is 0 Å². The van der Waals surface area contributed by atoms with Gasteiger partial charge in [-0.05, 0) is 23.8 Å². The van der Waals surface area contributed by atoms with E-state index >= 15 is 0 Å². The van der Waals surface area contributed by atoms with Crippen LogP contribution in [0, 0.1) is 5.92 Å². The molecule has 1 unspecified atom stereocenters. The van der Waals surface area contributed by atoms with Crippen molar-refractivity contribution in [2.45, 2.75) is 13.8 Å². The largest absolute Gasteiger partial charge is 0.289 e. The van der Waals surface area contributed by atoms with Gasteiger partial charge in [-0.3, -0.25) is 4.79 Å². The lowest BCUT2D eigenvalue weighted by atomic mass is 9.88. The Labute approximate surface area is 102 Å². The van der Waals surface area contributed by atoms with Gasteiger partial charge in [-0.15, -0.1) is 0 Å². The SMILES string of the molecule is CC.O=C(C1=CC=C=C=C1)C1=C2C=CC2C=C1. The van der Waals surface area contributed by atoms with Crippen molar-refractivity contribution in [1.82, 2.24) is 0 Å². The first-order valence-corrected chi connectivity index (χ1v) is 5.89. The van der Waals surface area contributed by atoms with E-state index in [1.807, 2.05) is 26.0 Å². The molecule has 0 N–H and O–H groups in total. The second-order valence-corrected chi connectivity index (χ2v) is 3.66. The Morgan fingerprint density at radius 1 is 1.18 bits per heavy atom. The molecule has 0 spiro atoms. The van der Waals surface area contributed by atoms with Crippen molar-refractivity contribution in [3.63, 3.8) is 0 Å². The molecule has 1 heteroatoms. The van der Waals surface area contributed by atoms with E-state index in [1.54, 1.807) is 18.2 Å². The third-order valence-electron chi connectivity index (χ3n) is 2.79. The molecule has 0 aliphatic heterocycles. The minimum Gasteiger partial charge on any atom is -0.289 e. The first kappa shape index (κ1) is 11.4. The molecule has 0 aromatic rings. The summed E-state index contributed by atoms with van der Waals surface area (Å²) in [5, 5.41) is 0. The van der Waals surface area contributed by atoms with Gasteiger partial charge in [0.1, 0.15) is 0 Å². The van der Waals surface area contributed by atoms with Gasteiger partial charge < -0.3 is 0 Å². The van der Waals surface area contributed by atoms with Gasteiger partial charge in [0.25, 0.3) is 0 Å². The monoisotopic (exact) mass is 222 g/mol. The normalized spacial score (nSPS) is 21.8. The number of Topliss-reactive ketones (excluding diaryl/α,β-unsaturated/α-hetero) is 1. The molecule has 0 heterocycles. The van der Waals surface area contributed by atoms with Crippen molar-refractivity contribution in [2.24, 2.45) is 5.92 Å². The zero-order valence-corrected chi connectivity index (χ0v) is 10.0. The number of rotatable bonds is 2. The topological polar surface area (TPSA) is 17.1 Å². The van der Waals surface area contributed by atoms with E-state index in [2.05, 4.69) is 23.6 Å². The Balaban J connectivity index is 0.000000514. The molecule has 1 atom stereocenters. The number of allylic oxidation sites excluding steroid dienone is 10. The van der Waals surface area contributed by atoms with Crippen LogP contribution in [0.3, 0.4) is 0 Å². The number of carbonyl (C=O) groups excluding carboxylic acids is 1. The average molecular weight is 222 g/mol. The lowest BCUT2D eigenvalue weighted by Gasteiger charge is -2.15. The van der Waals surface area contributed by atoms with Crippen molar-refractivity contribution in [3.05, 3.63) is 70.7 Å².